The predicted molar refractivity (Wildman–Crippen MR) is 116 cm³/mol. The second kappa shape index (κ2) is 6.50. The Bertz CT molecular complexity index is 1320. The maximum Gasteiger partial charge on any atom is 0.241 e. The van der Waals surface area contributed by atoms with Gasteiger partial charge in [-0.2, -0.15) is 4.98 Å². The lowest BCUT2D eigenvalue weighted by Crippen LogP contribution is -2.33. The van der Waals surface area contributed by atoms with Crippen LogP contribution in [0.2, 0.25) is 0 Å². The van der Waals surface area contributed by atoms with E-state index in [-0.39, 0.29) is 23.7 Å². The van der Waals surface area contributed by atoms with Crippen molar-refractivity contribution < 1.29 is 4.79 Å². The van der Waals surface area contributed by atoms with Gasteiger partial charge in [0, 0.05) is 40.1 Å². The molecule has 4 heterocycles. The number of benzene rings is 1. The molecule has 8 heteroatoms. The molecule has 1 aromatic carbocycles. The SMILES string of the molecule is Nc1nc2n(n1)[C@H](c1ccnc3ccccc13)C1=C(C[C@H](c3cccs3)CC1=O)N2. The van der Waals surface area contributed by atoms with E-state index >= 15 is 0 Å². The van der Waals surface area contributed by atoms with Gasteiger partial charge in [-0.3, -0.25) is 9.78 Å². The van der Waals surface area contributed by atoms with Gasteiger partial charge in [-0.15, -0.1) is 16.4 Å². The molecule has 2 aliphatic rings. The van der Waals surface area contributed by atoms with E-state index in [1.54, 1.807) is 22.2 Å². The molecule has 0 amide bonds. The second-order valence-electron chi connectivity index (χ2n) is 7.62. The summed E-state index contributed by atoms with van der Waals surface area (Å²) in [6.07, 6.45) is 3.02. The van der Waals surface area contributed by atoms with Gasteiger partial charge in [-0.1, -0.05) is 24.3 Å². The minimum atomic E-state index is -0.384. The Labute approximate surface area is 176 Å². The quantitative estimate of drug-likeness (QED) is 0.516. The van der Waals surface area contributed by atoms with E-state index in [0.717, 1.165) is 34.2 Å². The molecule has 0 unspecified atom stereocenters. The molecule has 2 atom stereocenters. The molecular formula is C22H18N6OS. The zero-order chi connectivity index (χ0) is 20.2. The minimum absolute atomic E-state index is 0.132. The summed E-state index contributed by atoms with van der Waals surface area (Å²) in [6, 6.07) is 13.7. The van der Waals surface area contributed by atoms with Crippen molar-refractivity contribution in [2.75, 3.05) is 11.1 Å². The van der Waals surface area contributed by atoms with Crippen LogP contribution < -0.4 is 11.1 Å². The number of thiophene rings is 1. The number of hydrogen-bond donors (Lipinski definition) is 2. The molecule has 6 rings (SSSR count). The molecule has 0 fully saturated rings. The van der Waals surface area contributed by atoms with E-state index in [4.69, 9.17) is 5.73 Å². The number of carbonyl (C=O) groups is 1. The summed E-state index contributed by atoms with van der Waals surface area (Å²) in [5.41, 5.74) is 9.46. The van der Waals surface area contributed by atoms with Crippen LogP contribution in [0.15, 0.2) is 65.3 Å². The Morgan fingerprint density at radius 3 is 2.90 bits per heavy atom. The monoisotopic (exact) mass is 414 g/mol. The fraction of sp³-hybridized carbons (Fsp3) is 0.182. The van der Waals surface area contributed by atoms with Crippen molar-refractivity contribution in [2.24, 2.45) is 0 Å². The lowest BCUT2D eigenvalue weighted by molar-refractivity contribution is -0.116. The second-order valence-corrected chi connectivity index (χ2v) is 8.60. The third-order valence-electron chi connectivity index (χ3n) is 5.86. The maximum absolute atomic E-state index is 13.5. The van der Waals surface area contributed by atoms with Crippen LogP contribution in [0.4, 0.5) is 11.9 Å². The average Bonchev–Trinajstić information content (AvgIpc) is 3.41. The number of pyridine rings is 1. The number of nitrogens with two attached hydrogens (primary N) is 1. The minimum Gasteiger partial charge on any atom is -0.366 e. The summed E-state index contributed by atoms with van der Waals surface area (Å²) < 4.78 is 1.74. The standard InChI is InChI=1S/C22H18N6OS/c23-21-26-22-25-16-10-12(18-6-3-9-30-18)11-17(29)19(16)20(28(22)27-21)14-7-8-24-15-5-2-1-4-13(14)15/h1-9,12,20H,10-11H2,(H3,23,25,26,27)/t12-,20+/m0/s1. The lowest BCUT2D eigenvalue weighted by atomic mass is 9.79. The van der Waals surface area contributed by atoms with Crippen molar-refractivity contribution >= 4 is 39.9 Å². The van der Waals surface area contributed by atoms with Crippen molar-refractivity contribution in [3.8, 4) is 0 Å². The number of fused-ring (bicyclic) bond motifs is 2. The van der Waals surface area contributed by atoms with E-state index in [1.165, 1.54) is 4.88 Å². The van der Waals surface area contributed by atoms with Crippen LogP contribution in [0, 0.1) is 0 Å². The molecule has 0 bridgehead atoms. The van der Waals surface area contributed by atoms with Gasteiger partial charge in [0.25, 0.3) is 0 Å². The smallest absolute Gasteiger partial charge is 0.241 e. The normalized spacial score (nSPS) is 20.7. The largest absolute Gasteiger partial charge is 0.366 e. The van der Waals surface area contributed by atoms with Crippen molar-refractivity contribution in [1.82, 2.24) is 19.7 Å². The molecule has 1 aliphatic heterocycles. The first-order valence-electron chi connectivity index (χ1n) is 9.81. The Morgan fingerprint density at radius 1 is 1.13 bits per heavy atom. The van der Waals surface area contributed by atoms with Gasteiger partial charge in [0.05, 0.1) is 5.52 Å². The van der Waals surface area contributed by atoms with Gasteiger partial charge in [0.2, 0.25) is 11.9 Å². The van der Waals surface area contributed by atoms with Gasteiger partial charge in [0.1, 0.15) is 6.04 Å². The highest BCUT2D eigenvalue weighted by atomic mass is 32.1. The highest BCUT2D eigenvalue weighted by Crippen LogP contribution is 2.45. The number of rotatable bonds is 2. The zero-order valence-corrected chi connectivity index (χ0v) is 16.8. The number of Topliss-reactive ketones (excluding diaryl/α,β-unsaturated/α-hetero) is 1. The highest BCUT2D eigenvalue weighted by molar-refractivity contribution is 7.10. The molecule has 30 heavy (non-hydrogen) atoms. The van der Waals surface area contributed by atoms with E-state index in [0.29, 0.717) is 12.4 Å². The number of hydrogen-bond acceptors (Lipinski definition) is 7. The summed E-state index contributed by atoms with van der Waals surface area (Å²) in [7, 11) is 0. The Hall–Kier alpha value is -3.52. The van der Waals surface area contributed by atoms with Crippen LogP contribution >= 0.6 is 11.3 Å². The third kappa shape index (κ3) is 2.57. The first-order chi connectivity index (χ1) is 14.7. The number of nitrogens with one attached hydrogen (secondary N) is 1. The van der Waals surface area contributed by atoms with Crippen LogP contribution in [0.5, 0.6) is 0 Å². The van der Waals surface area contributed by atoms with Gasteiger partial charge < -0.3 is 11.1 Å². The van der Waals surface area contributed by atoms with Crippen molar-refractivity contribution in [2.45, 2.75) is 24.8 Å². The average molecular weight is 414 g/mol. The topological polar surface area (TPSA) is 98.7 Å². The van der Waals surface area contributed by atoms with Crippen LogP contribution in [-0.4, -0.2) is 25.5 Å². The van der Waals surface area contributed by atoms with Gasteiger partial charge in [0.15, 0.2) is 5.78 Å². The first kappa shape index (κ1) is 17.3. The maximum atomic E-state index is 13.5. The number of anilines is 2. The van der Waals surface area contributed by atoms with Crippen LogP contribution in [0.3, 0.4) is 0 Å². The summed E-state index contributed by atoms with van der Waals surface area (Å²) in [5, 5.41) is 10.8. The molecule has 0 saturated heterocycles. The van der Waals surface area contributed by atoms with Gasteiger partial charge in [-0.25, -0.2) is 4.68 Å². The number of aromatic nitrogens is 4. The Balaban J connectivity index is 1.56. The fourth-order valence-electron chi connectivity index (χ4n) is 4.60. The molecule has 1 aliphatic carbocycles. The number of nitrogen functional groups attached to an aromatic ring is 1. The van der Waals surface area contributed by atoms with Crippen LogP contribution in [0.1, 0.15) is 35.2 Å². The van der Waals surface area contributed by atoms with Gasteiger partial charge in [-0.05, 0) is 35.6 Å². The Morgan fingerprint density at radius 2 is 2.03 bits per heavy atom. The number of allylic oxidation sites excluding steroid dienone is 2. The van der Waals surface area contributed by atoms with Crippen molar-refractivity contribution in [1.29, 1.82) is 0 Å². The predicted octanol–water partition coefficient (Wildman–Crippen LogP) is 3.89. The molecule has 0 saturated carbocycles. The number of carbonyl (C=O) groups excluding carboxylic acids is 1. The van der Waals surface area contributed by atoms with Crippen molar-refractivity contribution in [3.05, 3.63) is 75.8 Å². The molecule has 148 valence electrons. The van der Waals surface area contributed by atoms with Crippen molar-refractivity contribution in [3.63, 3.8) is 0 Å². The first-order valence-corrected chi connectivity index (χ1v) is 10.7. The third-order valence-corrected chi connectivity index (χ3v) is 6.89. The van der Waals surface area contributed by atoms with E-state index < -0.39 is 0 Å². The summed E-state index contributed by atoms with van der Waals surface area (Å²) in [5.74, 6) is 1.05. The summed E-state index contributed by atoms with van der Waals surface area (Å²) in [6.45, 7) is 0. The number of para-hydroxylation sites is 1. The molecule has 4 aromatic rings. The molecule has 0 spiro atoms. The van der Waals surface area contributed by atoms with Gasteiger partial charge >= 0.3 is 0 Å². The number of ketones is 1. The molecule has 0 radical (unpaired) electrons. The molecule has 3 N–H and O–H groups in total. The molecule has 7 nitrogen and oxygen atoms in total. The van der Waals surface area contributed by atoms with E-state index in [9.17, 15) is 4.79 Å². The zero-order valence-electron chi connectivity index (χ0n) is 15.9. The van der Waals surface area contributed by atoms with Crippen LogP contribution in [0.25, 0.3) is 10.9 Å². The van der Waals surface area contributed by atoms with E-state index in [1.807, 2.05) is 36.4 Å². The Kier molecular flexibility index (Phi) is 3.76. The molecular weight excluding hydrogens is 396 g/mol. The highest BCUT2D eigenvalue weighted by Gasteiger charge is 2.40. The fourth-order valence-corrected chi connectivity index (χ4v) is 5.43. The van der Waals surface area contributed by atoms with E-state index in [2.05, 4.69) is 31.8 Å². The number of nitrogens with zero attached hydrogens (tertiary/aromatic N) is 4. The molecule has 3 aromatic heterocycles. The lowest BCUT2D eigenvalue weighted by Gasteiger charge is -2.35. The summed E-state index contributed by atoms with van der Waals surface area (Å²) >= 11 is 1.70. The van der Waals surface area contributed by atoms with Crippen LogP contribution in [-0.2, 0) is 4.79 Å². The summed E-state index contributed by atoms with van der Waals surface area (Å²) in [4.78, 5) is 23.6.